The van der Waals surface area contributed by atoms with E-state index in [0.717, 1.165) is 0 Å². The standard InChI is InChI=1S/C20H27NO7S/c1-5-27-17-8-6-15(12-18(17)26-4)7-9-19(22)28-14(2)20(23)21(3)16-10-11-29(24,25)13-16/h6-9,12,14,16H,5,10-11,13H2,1-4H3/b9-7+/t14-,16+/m0/s1. The second-order valence-electron chi connectivity index (χ2n) is 6.76. The van der Waals surface area contributed by atoms with Gasteiger partial charge in [0.1, 0.15) is 0 Å². The van der Waals surface area contributed by atoms with Gasteiger partial charge in [-0.05, 0) is 44.0 Å². The van der Waals surface area contributed by atoms with E-state index in [4.69, 9.17) is 14.2 Å². The lowest BCUT2D eigenvalue weighted by atomic mass is 10.2. The van der Waals surface area contributed by atoms with Crippen LogP contribution in [0.2, 0.25) is 0 Å². The monoisotopic (exact) mass is 425 g/mol. The Balaban J connectivity index is 1.95. The molecule has 0 bridgehead atoms. The molecule has 29 heavy (non-hydrogen) atoms. The Bertz CT molecular complexity index is 879. The van der Waals surface area contributed by atoms with Crippen molar-refractivity contribution in [3.05, 3.63) is 29.8 Å². The Morgan fingerprint density at radius 2 is 2.03 bits per heavy atom. The van der Waals surface area contributed by atoms with Crippen LogP contribution in [0.4, 0.5) is 0 Å². The van der Waals surface area contributed by atoms with Crippen molar-refractivity contribution in [2.75, 3.05) is 32.3 Å². The average molecular weight is 426 g/mol. The number of hydrogen-bond acceptors (Lipinski definition) is 7. The number of nitrogens with zero attached hydrogens (tertiary/aromatic N) is 1. The number of methoxy groups -OCH3 is 1. The maximum absolute atomic E-state index is 12.4. The Morgan fingerprint density at radius 1 is 1.31 bits per heavy atom. The molecule has 1 heterocycles. The number of ether oxygens (including phenoxy) is 3. The summed E-state index contributed by atoms with van der Waals surface area (Å²) in [6.45, 7) is 3.84. The van der Waals surface area contributed by atoms with Crippen LogP contribution >= 0.6 is 0 Å². The molecule has 1 aliphatic rings. The van der Waals surface area contributed by atoms with Gasteiger partial charge in [0.15, 0.2) is 27.4 Å². The van der Waals surface area contributed by atoms with Crippen LogP contribution in [-0.4, -0.2) is 69.6 Å². The van der Waals surface area contributed by atoms with Gasteiger partial charge < -0.3 is 19.1 Å². The molecule has 0 unspecified atom stereocenters. The number of likely N-dealkylation sites (N-methyl/N-ethyl adjacent to an activating group) is 1. The minimum Gasteiger partial charge on any atom is -0.493 e. The summed E-state index contributed by atoms with van der Waals surface area (Å²) < 4.78 is 39.0. The Morgan fingerprint density at radius 3 is 2.62 bits per heavy atom. The molecule has 8 nitrogen and oxygen atoms in total. The van der Waals surface area contributed by atoms with Crippen molar-refractivity contribution >= 4 is 27.8 Å². The minimum atomic E-state index is -3.11. The second kappa shape index (κ2) is 9.78. The number of amides is 1. The van der Waals surface area contributed by atoms with Crippen LogP contribution in [0, 0.1) is 0 Å². The maximum Gasteiger partial charge on any atom is 0.331 e. The van der Waals surface area contributed by atoms with Crippen LogP contribution in [0.5, 0.6) is 11.5 Å². The molecule has 160 valence electrons. The van der Waals surface area contributed by atoms with Gasteiger partial charge in [-0.2, -0.15) is 0 Å². The lowest BCUT2D eigenvalue weighted by molar-refractivity contribution is -0.155. The third kappa shape index (κ3) is 6.22. The Kier molecular flexibility index (Phi) is 7.66. The van der Waals surface area contributed by atoms with E-state index in [1.807, 2.05) is 6.92 Å². The molecule has 0 saturated carbocycles. The molecule has 9 heteroatoms. The highest BCUT2D eigenvalue weighted by molar-refractivity contribution is 7.91. The highest BCUT2D eigenvalue weighted by atomic mass is 32.2. The van der Waals surface area contributed by atoms with Gasteiger partial charge in [0.05, 0.1) is 25.2 Å². The van der Waals surface area contributed by atoms with E-state index in [-0.39, 0.29) is 17.5 Å². The van der Waals surface area contributed by atoms with E-state index >= 15 is 0 Å². The number of hydrogen-bond donors (Lipinski definition) is 0. The molecule has 0 radical (unpaired) electrons. The number of rotatable bonds is 8. The molecular weight excluding hydrogens is 398 g/mol. The molecule has 2 atom stereocenters. The molecule has 1 amide bonds. The van der Waals surface area contributed by atoms with Gasteiger partial charge in [-0.25, -0.2) is 13.2 Å². The van der Waals surface area contributed by atoms with Gasteiger partial charge in [0, 0.05) is 19.2 Å². The van der Waals surface area contributed by atoms with Crippen LogP contribution in [0.25, 0.3) is 6.08 Å². The largest absolute Gasteiger partial charge is 0.493 e. The first kappa shape index (κ1) is 22.7. The molecule has 0 spiro atoms. The third-order valence-corrected chi connectivity index (χ3v) is 6.39. The fourth-order valence-electron chi connectivity index (χ4n) is 3.04. The van der Waals surface area contributed by atoms with E-state index in [9.17, 15) is 18.0 Å². The zero-order chi connectivity index (χ0) is 21.6. The molecule has 1 aromatic rings. The molecule has 0 aromatic heterocycles. The van der Waals surface area contributed by atoms with Crippen LogP contribution in [0.3, 0.4) is 0 Å². The topological polar surface area (TPSA) is 99.2 Å². The smallest absolute Gasteiger partial charge is 0.331 e. The molecular formula is C20H27NO7S. The summed E-state index contributed by atoms with van der Waals surface area (Å²) in [6.07, 6.45) is 2.14. The molecule has 0 N–H and O–H groups in total. The van der Waals surface area contributed by atoms with Crippen molar-refractivity contribution in [3.63, 3.8) is 0 Å². The second-order valence-corrected chi connectivity index (χ2v) is 8.99. The van der Waals surface area contributed by atoms with E-state index in [2.05, 4.69) is 0 Å². The number of carbonyl (C=O) groups excluding carboxylic acids is 2. The molecule has 1 aromatic carbocycles. The number of benzene rings is 1. The summed E-state index contributed by atoms with van der Waals surface area (Å²) in [4.78, 5) is 25.9. The van der Waals surface area contributed by atoms with Gasteiger partial charge in [-0.1, -0.05) is 6.07 Å². The van der Waals surface area contributed by atoms with Gasteiger partial charge in [-0.15, -0.1) is 0 Å². The summed E-state index contributed by atoms with van der Waals surface area (Å²) in [5, 5.41) is 0. The van der Waals surface area contributed by atoms with Gasteiger partial charge in [0.2, 0.25) is 0 Å². The van der Waals surface area contributed by atoms with Crippen LogP contribution in [0.15, 0.2) is 24.3 Å². The molecule has 1 saturated heterocycles. The van der Waals surface area contributed by atoms with E-state index in [1.165, 1.54) is 32.1 Å². The van der Waals surface area contributed by atoms with Crippen molar-refractivity contribution in [2.45, 2.75) is 32.4 Å². The SMILES string of the molecule is CCOc1ccc(/C=C/C(=O)O[C@@H](C)C(=O)N(C)[C@@H]2CCS(=O)(=O)C2)cc1OC. The van der Waals surface area contributed by atoms with Crippen LogP contribution < -0.4 is 9.47 Å². The lowest BCUT2D eigenvalue weighted by Crippen LogP contribution is -2.44. The molecule has 1 fully saturated rings. The zero-order valence-electron chi connectivity index (χ0n) is 17.1. The highest BCUT2D eigenvalue weighted by Gasteiger charge is 2.34. The first-order valence-corrected chi connectivity index (χ1v) is 11.2. The van der Waals surface area contributed by atoms with Crippen molar-refractivity contribution in [2.24, 2.45) is 0 Å². The summed E-state index contributed by atoms with van der Waals surface area (Å²) in [7, 11) is -0.0519. The third-order valence-electron chi connectivity index (χ3n) is 4.64. The highest BCUT2D eigenvalue weighted by Crippen LogP contribution is 2.28. The van der Waals surface area contributed by atoms with E-state index < -0.39 is 27.8 Å². The number of carbonyl (C=O) groups is 2. The van der Waals surface area contributed by atoms with Gasteiger partial charge in [0.25, 0.3) is 5.91 Å². The summed E-state index contributed by atoms with van der Waals surface area (Å²) in [5.41, 5.74) is 0.703. The summed E-state index contributed by atoms with van der Waals surface area (Å²) in [6, 6.07) is 4.84. The fraction of sp³-hybridized carbons (Fsp3) is 0.500. The first-order chi connectivity index (χ1) is 13.7. The zero-order valence-corrected chi connectivity index (χ0v) is 17.9. The molecule has 2 rings (SSSR count). The van der Waals surface area contributed by atoms with Gasteiger partial charge in [-0.3, -0.25) is 4.79 Å². The number of esters is 1. The van der Waals surface area contributed by atoms with Crippen molar-refractivity contribution in [1.82, 2.24) is 4.90 Å². The Labute approximate surface area is 171 Å². The van der Waals surface area contributed by atoms with E-state index in [0.29, 0.717) is 30.1 Å². The van der Waals surface area contributed by atoms with Crippen molar-refractivity contribution < 1.29 is 32.2 Å². The van der Waals surface area contributed by atoms with Crippen molar-refractivity contribution in [1.29, 1.82) is 0 Å². The molecule has 1 aliphatic heterocycles. The maximum atomic E-state index is 12.4. The van der Waals surface area contributed by atoms with Crippen LogP contribution in [0.1, 0.15) is 25.8 Å². The first-order valence-electron chi connectivity index (χ1n) is 9.33. The van der Waals surface area contributed by atoms with Gasteiger partial charge >= 0.3 is 5.97 Å². The predicted molar refractivity (Wildman–Crippen MR) is 109 cm³/mol. The minimum absolute atomic E-state index is 0.0601. The fourth-order valence-corrected chi connectivity index (χ4v) is 4.81. The quantitative estimate of drug-likeness (QED) is 0.462. The molecule has 0 aliphatic carbocycles. The predicted octanol–water partition coefficient (Wildman–Crippen LogP) is 1.68. The number of sulfone groups is 1. The Hall–Kier alpha value is -2.55. The van der Waals surface area contributed by atoms with Crippen LogP contribution in [-0.2, 0) is 24.2 Å². The van der Waals surface area contributed by atoms with Crippen molar-refractivity contribution in [3.8, 4) is 11.5 Å². The summed E-state index contributed by atoms with van der Waals surface area (Å²) >= 11 is 0. The van der Waals surface area contributed by atoms with E-state index in [1.54, 1.807) is 24.3 Å². The normalized spacial score (nSPS) is 19.0. The average Bonchev–Trinajstić information content (AvgIpc) is 3.05. The summed E-state index contributed by atoms with van der Waals surface area (Å²) in [5.74, 6) is 0.0420. The lowest BCUT2D eigenvalue weighted by Gasteiger charge is -2.26.